The zero-order chi connectivity index (χ0) is 14.7. The zero-order valence-corrected chi connectivity index (χ0v) is 12.6. The molecule has 0 unspecified atom stereocenters. The summed E-state index contributed by atoms with van der Waals surface area (Å²) in [6.45, 7) is 0. The summed E-state index contributed by atoms with van der Waals surface area (Å²) < 4.78 is 13.6. The smallest absolute Gasteiger partial charge is 0.274 e. The summed E-state index contributed by atoms with van der Waals surface area (Å²) in [6.07, 6.45) is 0. The minimum absolute atomic E-state index is 0.0487. The Balaban J connectivity index is 2.20. The molecule has 7 heteroatoms. The fraction of sp³-hybridized carbons (Fsp3) is 0.0769. The first-order chi connectivity index (χ1) is 9.47. The lowest BCUT2D eigenvalue weighted by Gasteiger charge is -2.06. The van der Waals surface area contributed by atoms with Gasteiger partial charge >= 0.3 is 0 Å². The van der Waals surface area contributed by atoms with Gasteiger partial charge in [0.15, 0.2) is 0 Å². The normalized spacial score (nSPS) is 10.5. The summed E-state index contributed by atoms with van der Waals surface area (Å²) in [5.41, 5.74) is 6.67. The molecule has 0 atom stereocenters. The van der Waals surface area contributed by atoms with Gasteiger partial charge < -0.3 is 5.73 Å². The summed E-state index contributed by atoms with van der Waals surface area (Å²) in [4.78, 5) is 11.3. The molecule has 0 aliphatic carbocycles. The van der Waals surface area contributed by atoms with Gasteiger partial charge in [0.1, 0.15) is 5.82 Å². The molecule has 0 fully saturated rings. The van der Waals surface area contributed by atoms with Crippen LogP contribution in [0.25, 0.3) is 0 Å². The molecule has 0 bridgehead atoms. The molecule has 2 N–H and O–H groups in total. The Bertz CT molecular complexity index is 667. The van der Waals surface area contributed by atoms with Crippen LogP contribution in [0, 0.1) is 15.9 Å². The lowest BCUT2D eigenvalue weighted by atomic mass is 10.2. The predicted octanol–water partition coefficient (Wildman–Crippen LogP) is 4.37. The molecule has 0 aliphatic heterocycles. The Labute approximate surface area is 127 Å². The quantitative estimate of drug-likeness (QED) is 0.382. The monoisotopic (exact) mass is 356 g/mol. The number of thioether (sulfide) groups is 1. The van der Waals surface area contributed by atoms with E-state index in [1.807, 2.05) is 0 Å². The van der Waals surface area contributed by atoms with Gasteiger partial charge in [-0.05, 0) is 24.3 Å². The molecule has 4 nitrogen and oxygen atoms in total. The average molecular weight is 357 g/mol. The number of rotatable bonds is 4. The fourth-order valence-electron chi connectivity index (χ4n) is 1.64. The van der Waals surface area contributed by atoms with E-state index in [4.69, 9.17) is 5.73 Å². The number of nitrogens with zero attached hydrogens (tertiary/aromatic N) is 1. The molecular weight excluding hydrogens is 347 g/mol. The van der Waals surface area contributed by atoms with Crippen molar-refractivity contribution < 1.29 is 9.31 Å². The maximum absolute atomic E-state index is 12.9. The molecule has 0 aliphatic rings. The third-order valence-electron chi connectivity index (χ3n) is 2.60. The number of nitrogen functional groups attached to an aromatic ring is 1. The Hall–Kier alpha value is -1.60. The molecule has 0 radical (unpaired) electrons. The lowest BCUT2D eigenvalue weighted by Crippen LogP contribution is -1.95. The predicted molar refractivity (Wildman–Crippen MR) is 81.2 cm³/mol. The second-order valence-electron chi connectivity index (χ2n) is 4.00. The summed E-state index contributed by atoms with van der Waals surface area (Å²) >= 11 is 4.54. The first-order valence-corrected chi connectivity index (χ1v) is 7.36. The largest absolute Gasteiger partial charge is 0.398 e. The van der Waals surface area contributed by atoms with Gasteiger partial charge in [-0.3, -0.25) is 10.1 Å². The molecule has 0 heterocycles. The standard InChI is InChI=1S/C13H10BrFN2O2S/c14-9-2-1-8(12(5-9)17(18)19)7-20-13-4-3-10(15)6-11(13)16/h1-6H,7,16H2. The van der Waals surface area contributed by atoms with E-state index in [1.165, 1.54) is 30.0 Å². The molecular formula is C13H10BrFN2O2S. The number of hydrogen-bond donors (Lipinski definition) is 1. The second-order valence-corrected chi connectivity index (χ2v) is 5.93. The van der Waals surface area contributed by atoms with Crippen molar-refractivity contribution in [3.05, 3.63) is 62.4 Å². The van der Waals surface area contributed by atoms with Crippen LogP contribution in [0.3, 0.4) is 0 Å². The summed E-state index contributed by atoms with van der Waals surface area (Å²) in [7, 11) is 0. The van der Waals surface area contributed by atoms with Gasteiger partial charge in [0.2, 0.25) is 0 Å². The van der Waals surface area contributed by atoms with Gasteiger partial charge in [0, 0.05) is 32.4 Å². The molecule has 0 spiro atoms. The van der Waals surface area contributed by atoms with Crippen LogP contribution >= 0.6 is 27.7 Å². The Morgan fingerprint density at radius 1 is 1.30 bits per heavy atom. The second kappa shape index (κ2) is 6.23. The van der Waals surface area contributed by atoms with Gasteiger partial charge in [-0.25, -0.2) is 4.39 Å². The molecule has 104 valence electrons. The molecule has 0 saturated carbocycles. The van der Waals surface area contributed by atoms with E-state index in [0.29, 0.717) is 26.4 Å². The maximum Gasteiger partial charge on any atom is 0.274 e. The number of nitrogens with two attached hydrogens (primary N) is 1. The average Bonchev–Trinajstić information content (AvgIpc) is 2.38. The van der Waals surface area contributed by atoms with Crippen molar-refractivity contribution >= 4 is 39.1 Å². The van der Waals surface area contributed by atoms with Crippen molar-refractivity contribution in [2.75, 3.05) is 5.73 Å². The van der Waals surface area contributed by atoms with Crippen LogP contribution in [0.15, 0.2) is 45.8 Å². The summed E-state index contributed by atoms with van der Waals surface area (Å²) in [5, 5.41) is 11.0. The van der Waals surface area contributed by atoms with E-state index in [2.05, 4.69) is 15.9 Å². The van der Waals surface area contributed by atoms with Gasteiger partial charge in [-0.1, -0.05) is 22.0 Å². The number of anilines is 1. The molecule has 0 saturated heterocycles. The first kappa shape index (κ1) is 14.8. The molecule has 2 aromatic carbocycles. The SMILES string of the molecule is Nc1cc(F)ccc1SCc1ccc(Br)cc1[N+](=O)[O-]. The van der Waals surface area contributed by atoms with E-state index in [1.54, 1.807) is 18.2 Å². The van der Waals surface area contributed by atoms with Crippen LogP contribution in [0.5, 0.6) is 0 Å². The van der Waals surface area contributed by atoms with E-state index in [-0.39, 0.29) is 5.69 Å². The van der Waals surface area contributed by atoms with Crippen molar-refractivity contribution in [2.24, 2.45) is 0 Å². The van der Waals surface area contributed by atoms with E-state index >= 15 is 0 Å². The number of halogens is 2. The van der Waals surface area contributed by atoms with Crippen molar-refractivity contribution in [2.45, 2.75) is 10.6 Å². The molecule has 2 rings (SSSR count). The van der Waals surface area contributed by atoms with Gasteiger partial charge in [-0.15, -0.1) is 11.8 Å². The van der Waals surface area contributed by atoms with Gasteiger partial charge in [-0.2, -0.15) is 0 Å². The van der Waals surface area contributed by atoms with Crippen molar-refractivity contribution in [1.29, 1.82) is 0 Å². The number of nitro benzene ring substituents is 1. The van der Waals surface area contributed by atoms with Crippen LogP contribution < -0.4 is 5.73 Å². The van der Waals surface area contributed by atoms with Crippen molar-refractivity contribution in [3.63, 3.8) is 0 Å². The highest BCUT2D eigenvalue weighted by atomic mass is 79.9. The van der Waals surface area contributed by atoms with Crippen LogP contribution in [-0.4, -0.2) is 4.92 Å². The van der Waals surface area contributed by atoms with Gasteiger partial charge in [0.25, 0.3) is 5.69 Å². The van der Waals surface area contributed by atoms with Crippen molar-refractivity contribution in [3.8, 4) is 0 Å². The molecule has 0 amide bonds. The highest BCUT2D eigenvalue weighted by Crippen LogP contribution is 2.32. The minimum atomic E-state index is -0.422. The maximum atomic E-state index is 12.9. The van der Waals surface area contributed by atoms with Crippen LogP contribution in [0.4, 0.5) is 15.8 Å². The third-order valence-corrected chi connectivity index (χ3v) is 4.23. The molecule has 0 aromatic heterocycles. The van der Waals surface area contributed by atoms with Crippen LogP contribution in [0.2, 0.25) is 0 Å². The molecule has 20 heavy (non-hydrogen) atoms. The summed E-state index contributed by atoms with van der Waals surface area (Å²) in [5.74, 6) is -0.0131. The van der Waals surface area contributed by atoms with Gasteiger partial charge in [0.05, 0.1) is 4.92 Å². The Morgan fingerprint density at radius 3 is 2.70 bits per heavy atom. The summed E-state index contributed by atoms with van der Waals surface area (Å²) in [6, 6.07) is 9.02. The van der Waals surface area contributed by atoms with Crippen molar-refractivity contribution in [1.82, 2.24) is 0 Å². The fourth-order valence-corrected chi connectivity index (χ4v) is 2.93. The lowest BCUT2D eigenvalue weighted by molar-refractivity contribution is -0.385. The first-order valence-electron chi connectivity index (χ1n) is 5.58. The molecule has 2 aromatic rings. The number of hydrogen-bond acceptors (Lipinski definition) is 4. The minimum Gasteiger partial charge on any atom is -0.398 e. The highest BCUT2D eigenvalue weighted by molar-refractivity contribution is 9.10. The topological polar surface area (TPSA) is 69.2 Å². The number of benzene rings is 2. The van der Waals surface area contributed by atoms with Crippen LogP contribution in [-0.2, 0) is 5.75 Å². The Morgan fingerprint density at radius 2 is 2.05 bits per heavy atom. The number of nitro groups is 1. The third kappa shape index (κ3) is 3.49. The zero-order valence-electron chi connectivity index (χ0n) is 10.2. The van der Waals surface area contributed by atoms with E-state index < -0.39 is 10.7 Å². The van der Waals surface area contributed by atoms with Crippen LogP contribution in [0.1, 0.15) is 5.56 Å². The Kier molecular flexibility index (Phi) is 4.61. The highest BCUT2D eigenvalue weighted by Gasteiger charge is 2.14. The van der Waals surface area contributed by atoms with E-state index in [0.717, 1.165) is 0 Å². The van der Waals surface area contributed by atoms with E-state index in [9.17, 15) is 14.5 Å².